The molecule has 3 N–H and O–H groups in total. The lowest BCUT2D eigenvalue weighted by Gasteiger charge is -2.18. The number of hydrogen-bond acceptors (Lipinski definition) is 6. The Labute approximate surface area is 113 Å². The molecule has 104 valence electrons. The summed E-state index contributed by atoms with van der Waals surface area (Å²) in [6, 6.07) is 0. The van der Waals surface area contributed by atoms with Gasteiger partial charge in [-0.05, 0) is 17.5 Å². The van der Waals surface area contributed by atoms with E-state index in [9.17, 15) is 14.4 Å². The molecule has 0 saturated heterocycles. The van der Waals surface area contributed by atoms with Crippen molar-refractivity contribution < 1.29 is 19.5 Å². The van der Waals surface area contributed by atoms with Crippen LogP contribution in [0.15, 0.2) is 0 Å². The second kappa shape index (κ2) is 6.23. The van der Waals surface area contributed by atoms with Crippen molar-refractivity contribution in [2.45, 2.75) is 19.8 Å². The summed E-state index contributed by atoms with van der Waals surface area (Å²) in [6.07, 6.45) is 0. The number of amides is 2. The Bertz CT molecular complexity index is 483. The number of nitrogens with zero attached hydrogens (tertiary/aromatic N) is 3. The summed E-state index contributed by atoms with van der Waals surface area (Å²) in [7, 11) is 0. The highest BCUT2D eigenvalue weighted by Gasteiger charge is 2.26. The molecule has 0 spiro atoms. The average Bonchev–Trinajstić information content (AvgIpc) is 2.74. The van der Waals surface area contributed by atoms with E-state index in [1.807, 2.05) is 13.8 Å². The van der Waals surface area contributed by atoms with Crippen LogP contribution in [0.2, 0.25) is 0 Å². The molecule has 1 aromatic heterocycles. The molecular formula is C10H14N4O4S. The molecule has 0 bridgehead atoms. The van der Waals surface area contributed by atoms with Crippen LogP contribution in [0, 0.1) is 0 Å². The van der Waals surface area contributed by atoms with E-state index in [1.165, 1.54) is 0 Å². The van der Waals surface area contributed by atoms with Crippen molar-refractivity contribution in [3.63, 3.8) is 0 Å². The fourth-order valence-corrected chi connectivity index (χ4v) is 2.21. The summed E-state index contributed by atoms with van der Waals surface area (Å²) in [5.74, 6) is -2.63. The molecule has 0 atom stereocenters. The van der Waals surface area contributed by atoms with Crippen molar-refractivity contribution in [3.8, 4) is 0 Å². The molecular weight excluding hydrogens is 272 g/mol. The van der Waals surface area contributed by atoms with Crippen molar-refractivity contribution in [3.05, 3.63) is 10.6 Å². The third kappa shape index (κ3) is 3.98. The van der Waals surface area contributed by atoms with Crippen LogP contribution in [-0.4, -0.2) is 50.5 Å². The molecule has 0 saturated carbocycles. The summed E-state index contributed by atoms with van der Waals surface area (Å²) < 4.78 is 3.69. The number of primary amides is 1. The van der Waals surface area contributed by atoms with Crippen molar-refractivity contribution >= 4 is 29.3 Å². The molecule has 19 heavy (non-hydrogen) atoms. The van der Waals surface area contributed by atoms with Crippen molar-refractivity contribution in [1.82, 2.24) is 14.5 Å². The van der Waals surface area contributed by atoms with Gasteiger partial charge < -0.3 is 15.7 Å². The van der Waals surface area contributed by atoms with E-state index in [0.717, 1.165) is 16.4 Å². The average molecular weight is 286 g/mol. The van der Waals surface area contributed by atoms with Crippen LogP contribution in [-0.2, 0) is 9.59 Å². The molecule has 1 rings (SSSR count). The van der Waals surface area contributed by atoms with E-state index in [-0.39, 0.29) is 10.8 Å². The Morgan fingerprint density at radius 2 is 2.00 bits per heavy atom. The van der Waals surface area contributed by atoms with Crippen molar-refractivity contribution in [2.24, 2.45) is 5.73 Å². The summed E-state index contributed by atoms with van der Waals surface area (Å²) in [5, 5.41) is 12.6. The fourth-order valence-electron chi connectivity index (χ4n) is 1.42. The van der Waals surface area contributed by atoms with Crippen LogP contribution in [0.5, 0.6) is 0 Å². The number of aromatic nitrogens is 2. The van der Waals surface area contributed by atoms with Crippen LogP contribution in [0.4, 0.5) is 0 Å². The lowest BCUT2D eigenvalue weighted by atomic mass is 10.1. The Balaban J connectivity index is 3.01. The third-order valence-electron chi connectivity index (χ3n) is 2.21. The van der Waals surface area contributed by atoms with E-state index in [1.54, 1.807) is 0 Å². The van der Waals surface area contributed by atoms with Crippen LogP contribution in [0.3, 0.4) is 0 Å². The number of carbonyl (C=O) groups is 3. The summed E-state index contributed by atoms with van der Waals surface area (Å²) in [5.41, 5.74) is 5.49. The lowest BCUT2D eigenvalue weighted by molar-refractivity contribution is -0.138. The predicted molar refractivity (Wildman–Crippen MR) is 66.7 cm³/mol. The first-order valence-electron chi connectivity index (χ1n) is 5.44. The molecule has 0 aromatic carbocycles. The standard InChI is InChI=1S/C10H14N4O4S/c1-5(2)8-9(19-13-12-8)10(18)14(3-6(11)15)4-7(16)17/h5H,3-4H2,1-2H3,(H2,11,15)(H,16,17). The summed E-state index contributed by atoms with van der Waals surface area (Å²) in [6.45, 7) is 2.62. The first-order valence-corrected chi connectivity index (χ1v) is 6.21. The Morgan fingerprint density at radius 3 is 2.47 bits per heavy atom. The predicted octanol–water partition coefficient (Wildman–Crippen LogP) is -0.326. The molecule has 0 unspecified atom stereocenters. The van der Waals surface area contributed by atoms with Gasteiger partial charge in [0.2, 0.25) is 5.91 Å². The lowest BCUT2D eigenvalue weighted by Crippen LogP contribution is -2.41. The topological polar surface area (TPSA) is 126 Å². The highest BCUT2D eigenvalue weighted by Crippen LogP contribution is 2.21. The molecule has 2 amide bonds. The highest BCUT2D eigenvalue weighted by atomic mass is 32.1. The second-order valence-electron chi connectivity index (χ2n) is 4.16. The van der Waals surface area contributed by atoms with E-state index in [0.29, 0.717) is 5.69 Å². The zero-order valence-electron chi connectivity index (χ0n) is 10.5. The highest BCUT2D eigenvalue weighted by molar-refractivity contribution is 7.08. The Kier molecular flexibility index (Phi) is 4.93. The number of nitrogens with two attached hydrogens (primary N) is 1. The molecule has 0 aliphatic carbocycles. The summed E-state index contributed by atoms with van der Waals surface area (Å²) in [4.78, 5) is 34.9. The van der Waals surface area contributed by atoms with Gasteiger partial charge in [-0.25, -0.2) is 0 Å². The van der Waals surface area contributed by atoms with Gasteiger partial charge >= 0.3 is 5.97 Å². The van der Waals surface area contributed by atoms with E-state index < -0.39 is 30.9 Å². The third-order valence-corrected chi connectivity index (χ3v) is 2.94. The van der Waals surface area contributed by atoms with E-state index in [4.69, 9.17) is 10.8 Å². The van der Waals surface area contributed by atoms with Gasteiger partial charge in [0.25, 0.3) is 5.91 Å². The number of aliphatic carboxylic acids is 1. The Morgan fingerprint density at radius 1 is 1.37 bits per heavy atom. The molecule has 8 nitrogen and oxygen atoms in total. The number of rotatable bonds is 6. The number of carboxylic acids is 1. The normalized spacial score (nSPS) is 10.5. The zero-order chi connectivity index (χ0) is 14.6. The molecule has 1 heterocycles. The minimum atomic E-state index is -1.22. The van der Waals surface area contributed by atoms with Crippen molar-refractivity contribution in [1.29, 1.82) is 0 Å². The first kappa shape index (κ1) is 15.0. The van der Waals surface area contributed by atoms with Gasteiger partial charge in [-0.2, -0.15) is 0 Å². The second-order valence-corrected chi connectivity index (χ2v) is 4.92. The SMILES string of the molecule is CC(C)c1nnsc1C(=O)N(CC(N)=O)CC(=O)O. The van der Waals surface area contributed by atoms with Crippen LogP contribution in [0.25, 0.3) is 0 Å². The molecule has 1 aromatic rings. The largest absolute Gasteiger partial charge is 0.480 e. The van der Waals surface area contributed by atoms with Crippen LogP contribution >= 0.6 is 11.5 Å². The maximum absolute atomic E-state index is 12.2. The number of hydrogen-bond donors (Lipinski definition) is 2. The van der Waals surface area contributed by atoms with Gasteiger partial charge in [0, 0.05) is 0 Å². The molecule has 0 aliphatic rings. The van der Waals surface area contributed by atoms with Crippen LogP contribution in [0.1, 0.15) is 35.1 Å². The minimum absolute atomic E-state index is 0.0297. The smallest absolute Gasteiger partial charge is 0.323 e. The minimum Gasteiger partial charge on any atom is -0.480 e. The van der Waals surface area contributed by atoms with Gasteiger partial charge in [-0.1, -0.05) is 18.3 Å². The molecule has 0 radical (unpaired) electrons. The van der Waals surface area contributed by atoms with E-state index >= 15 is 0 Å². The monoisotopic (exact) mass is 286 g/mol. The van der Waals surface area contributed by atoms with Crippen LogP contribution < -0.4 is 5.73 Å². The zero-order valence-corrected chi connectivity index (χ0v) is 11.3. The van der Waals surface area contributed by atoms with Gasteiger partial charge in [0.05, 0.1) is 5.69 Å². The van der Waals surface area contributed by atoms with E-state index in [2.05, 4.69) is 9.59 Å². The maximum atomic E-state index is 12.2. The Hall–Kier alpha value is -2.03. The number of carboxylic acid groups (broad SMARTS) is 1. The summed E-state index contributed by atoms with van der Waals surface area (Å²) >= 11 is 0.871. The first-order chi connectivity index (χ1) is 8.82. The van der Waals surface area contributed by atoms with Crippen molar-refractivity contribution in [2.75, 3.05) is 13.1 Å². The molecule has 0 fully saturated rings. The molecule has 9 heteroatoms. The quantitative estimate of drug-likeness (QED) is 0.737. The van der Waals surface area contributed by atoms with Gasteiger partial charge in [-0.15, -0.1) is 5.10 Å². The van der Waals surface area contributed by atoms with Gasteiger partial charge in [0.1, 0.15) is 18.0 Å². The number of carbonyl (C=O) groups excluding carboxylic acids is 2. The van der Waals surface area contributed by atoms with Gasteiger partial charge in [-0.3, -0.25) is 14.4 Å². The molecule has 0 aliphatic heterocycles. The maximum Gasteiger partial charge on any atom is 0.323 e. The fraction of sp³-hybridized carbons (Fsp3) is 0.500. The van der Waals surface area contributed by atoms with Gasteiger partial charge in [0.15, 0.2) is 0 Å².